The Hall–Kier alpha value is -3.73. The van der Waals surface area contributed by atoms with Gasteiger partial charge in [-0.2, -0.15) is 0 Å². The maximum absolute atomic E-state index is 13.1. The smallest absolute Gasteiger partial charge is 0.221 e. The standard InChI is InChI=1S/C28H30N2O3/c1-4-20-11-8-12-22-24(18-30-28(20)22)23(21-13-14-25(32-2)26(15-21)33-3)16-27(31)29-17-19-9-6-5-7-10-19/h5-15,18,23,30H,4,16-17H2,1-3H3,(H,29,31)/t23-/m1/s1. The summed E-state index contributed by atoms with van der Waals surface area (Å²) < 4.78 is 11.0. The Morgan fingerprint density at radius 1 is 0.970 bits per heavy atom. The van der Waals surface area contributed by atoms with E-state index in [1.54, 1.807) is 14.2 Å². The van der Waals surface area contributed by atoms with Crippen LogP contribution in [0.3, 0.4) is 0 Å². The van der Waals surface area contributed by atoms with E-state index in [4.69, 9.17) is 9.47 Å². The van der Waals surface area contributed by atoms with Crippen molar-refractivity contribution in [2.45, 2.75) is 32.2 Å². The van der Waals surface area contributed by atoms with Crippen LogP contribution < -0.4 is 14.8 Å². The number of hydrogen-bond acceptors (Lipinski definition) is 3. The first kappa shape index (κ1) is 22.5. The van der Waals surface area contributed by atoms with Gasteiger partial charge in [-0.05, 0) is 40.8 Å². The molecule has 3 aromatic carbocycles. The molecule has 4 aromatic rings. The lowest BCUT2D eigenvalue weighted by Crippen LogP contribution is -2.25. The van der Waals surface area contributed by atoms with Crippen LogP contribution >= 0.6 is 0 Å². The summed E-state index contributed by atoms with van der Waals surface area (Å²) in [5.41, 5.74) is 5.57. The van der Waals surface area contributed by atoms with Crippen molar-refractivity contribution in [3.63, 3.8) is 0 Å². The van der Waals surface area contributed by atoms with Gasteiger partial charge in [-0.15, -0.1) is 0 Å². The highest BCUT2D eigenvalue weighted by Gasteiger charge is 2.23. The Labute approximate surface area is 194 Å². The number of hydrogen-bond donors (Lipinski definition) is 2. The van der Waals surface area contributed by atoms with Crippen LogP contribution in [0.15, 0.2) is 72.9 Å². The molecule has 2 N–H and O–H groups in total. The van der Waals surface area contributed by atoms with Crippen LogP contribution in [-0.4, -0.2) is 25.1 Å². The summed E-state index contributed by atoms with van der Waals surface area (Å²) in [5, 5.41) is 4.22. The first-order valence-electron chi connectivity index (χ1n) is 11.3. The molecule has 1 amide bonds. The highest BCUT2D eigenvalue weighted by molar-refractivity contribution is 5.88. The number of methoxy groups -OCH3 is 2. The van der Waals surface area contributed by atoms with E-state index in [2.05, 4.69) is 35.4 Å². The quantitative estimate of drug-likeness (QED) is 0.355. The van der Waals surface area contributed by atoms with Gasteiger partial charge in [-0.1, -0.05) is 61.5 Å². The molecule has 1 aromatic heterocycles. The zero-order valence-electron chi connectivity index (χ0n) is 19.4. The molecule has 0 radical (unpaired) electrons. The molecule has 0 aliphatic rings. The third kappa shape index (κ3) is 4.87. The third-order valence-electron chi connectivity index (χ3n) is 6.12. The van der Waals surface area contributed by atoms with Gasteiger partial charge in [0.15, 0.2) is 11.5 Å². The number of aromatic amines is 1. The lowest BCUT2D eigenvalue weighted by atomic mass is 9.87. The van der Waals surface area contributed by atoms with Gasteiger partial charge in [0, 0.05) is 36.0 Å². The zero-order chi connectivity index (χ0) is 23.2. The topological polar surface area (TPSA) is 63.4 Å². The van der Waals surface area contributed by atoms with Gasteiger partial charge in [0.25, 0.3) is 0 Å². The summed E-state index contributed by atoms with van der Waals surface area (Å²) in [6.07, 6.45) is 3.30. The largest absolute Gasteiger partial charge is 0.493 e. The Bertz CT molecular complexity index is 1230. The summed E-state index contributed by atoms with van der Waals surface area (Å²) in [6, 6.07) is 22.2. The minimum Gasteiger partial charge on any atom is -0.493 e. The van der Waals surface area contributed by atoms with Crippen molar-refractivity contribution in [3.05, 3.63) is 95.2 Å². The summed E-state index contributed by atoms with van der Waals surface area (Å²) in [5.74, 6) is 1.18. The van der Waals surface area contributed by atoms with E-state index in [0.717, 1.165) is 34.0 Å². The highest BCUT2D eigenvalue weighted by Crippen LogP contribution is 2.38. The van der Waals surface area contributed by atoms with Crippen LogP contribution in [0, 0.1) is 0 Å². The van der Waals surface area contributed by atoms with E-state index < -0.39 is 0 Å². The molecular formula is C28H30N2O3. The van der Waals surface area contributed by atoms with Crippen molar-refractivity contribution >= 4 is 16.8 Å². The third-order valence-corrected chi connectivity index (χ3v) is 6.12. The van der Waals surface area contributed by atoms with E-state index in [1.165, 1.54) is 5.56 Å². The number of carbonyl (C=O) groups excluding carboxylic acids is 1. The molecule has 0 unspecified atom stereocenters. The number of amides is 1. The van der Waals surface area contributed by atoms with Crippen molar-refractivity contribution in [3.8, 4) is 11.5 Å². The summed E-state index contributed by atoms with van der Waals surface area (Å²) >= 11 is 0. The van der Waals surface area contributed by atoms with Crippen LogP contribution in [0.4, 0.5) is 0 Å². The van der Waals surface area contributed by atoms with Gasteiger partial charge in [-0.25, -0.2) is 0 Å². The molecule has 5 nitrogen and oxygen atoms in total. The van der Waals surface area contributed by atoms with Crippen LogP contribution in [0.1, 0.15) is 41.5 Å². The molecule has 0 bridgehead atoms. The number of nitrogens with one attached hydrogen (secondary N) is 2. The number of benzene rings is 3. The van der Waals surface area contributed by atoms with Gasteiger partial charge in [0.05, 0.1) is 14.2 Å². The van der Waals surface area contributed by atoms with Gasteiger partial charge in [0.1, 0.15) is 0 Å². The number of ether oxygens (including phenoxy) is 2. The number of carbonyl (C=O) groups is 1. The molecule has 0 aliphatic heterocycles. The molecule has 0 saturated carbocycles. The number of para-hydroxylation sites is 1. The van der Waals surface area contributed by atoms with Crippen LogP contribution in [0.2, 0.25) is 0 Å². The first-order chi connectivity index (χ1) is 16.1. The van der Waals surface area contributed by atoms with Crippen molar-refractivity contribution in [2.75, 3.05) is 14.2 Å². The molecular weight excluding hydrogens is 412 g/mol. The molecule has 4 rings (SSSR count). The average molecular weight is 443 g/mol. The molecule has 1 atom stereocenters. The second-order valence-electron chi connectivity index (χ2n) is 8.07. The maximum Gasteiger partial charge on any atom is 0.221 e. The molecule has 0 fully saturated rings. The Morgan fingerprint density at radius 3 is 2.48 bits per heavy atom. The minimum atomic E-state index is -0.138. The fraction of sp³-hybridized carbons (Fsp3) is 0.250. The number of rotatable bonds is 9. The Balaban J connectivity index is 1.69. The van der Waals surface area contributed by atoms with E-state index >= 15 is 0 Å². The highest BCUT2D eigenvalue weighted by atomic mass is 16.5. The van der Waals surface area contributed by atoms with Crippen molar-refractivity contribution in [1.29, 1.82) is 0 Å². The van der Waals surface area contributed by atoms with E-state index in [0.29, 0.717) is 24.5 Å². The number of aryl methyl sites for hydroxylation is 1. The Morgan fingerprint density at radius 2 is 1.76 bits per heavy atom. The molecule has 5 heteroatoms. The second kappa shape index (κ2) is 10.3. The van der Waals surface area contributed by atoms with E-state index in [1.807, 2.05) is 54.7 Å². The molecule has 170 valence electrons. The van der Waals surface area contributed by atoms with Crippen LogP contribution in [0.5, 0.6) is 11.5 Å². The van der Waals surface area contributed by atoms with Gasteiger partial charge in [0.2, 0.25) is 5.91 Å². The molecule has 1 heterocycles. The predicted octanol–water partition coefficient (Wildman–Crippen LogP) is 5.59. The van der Waals surface area contributed by atoms with Crippen LogP contribution in [0.25, 0.3) is 10.9 Å². The lowest BCUT2D eigenvalue weighted by Gasteiger charge is -2.19. The van der Waals surface area contributed by atoms with Crippen LogP contribution in [-0.2, 0) is 17.8 Å². The fourth-order valence-electron chi connectivity index (χ4n) is 4.35. The normalized spacial score (nSPS) is 11.8. The van der Waals surface area contributed by atoms with Gasteiger partial charge in [-0.3, -0.25) is 4.79 Å². The van der Waals surface area contributed by atoms with Gasteiger partial charge < -0.3 is 19.8 Å². The fourth-order valence-corrected chi connectivity index (χ4v) is 4.35. The number of fused-ring (bicyclic) bond motifs is 1. The lowest BCUT2D eigenvalue weighted by molar-refractivity contribution is -0.121. The minimum absolute atomic E-state index is 0.000339. The maximum atomic E-state index is 13.1. The first-order valence-corrected chi connectivity index (χ1v) is 11.3. The molecule has 33 heavy (non-hydrogen) atoms. The van der Waals surface area contributed by atoms with E-state index in [-0.39, 0.29) is 11.8 Å². The number of H-pyrrole nitrogens is 1. The second-order valence-corrected chi connectivity index (χ2v) is 8.07. The summed E-state index contributed by atoms with van der Waals surface area (Å²) in [7, 11) is 3.25. The van der Waals surface area contributed by atoms with Crippen molar-refractivity contribution in [1.82, 2.24) is 10.3 Å². The SMILES string of the molecule is CCc1cccc2c([C@H](CC(=O)NCc3ccccc3)c3ccc(OC)c(OC)c3)c[nH]c12. The Kier molecular flexibility index (Phi) is 6.98. The van der Waals surface area contributed by atoms with Crippen molar-refractivity contribution < 1.29 is 14.3 Å². The van der Waals surface area contributed by atoms with E-state index in [9.17, 15) is 4.79 Å². The molecule has 0 aliphatic carbocycles. The predicted molar refractivity (Wildman–Crippen MR) is 132 cm³/mol. The average Bonchev–Trinajstić information content (AvgIpc) is 3.30. The van der Waals surface area contributed by atoms with Gasteiger partial charge >= 0.3 is 0 Å². The zero-order valence-corrected chi connectivity index (χ0v) is 19.4. The number of aromatic nitrogens is 1. The summed E-state index contributed by atoms with van der Waals surface area (Å²) in [6.45, 7) is 2.66. The summed E-state index contributed by atoms with van der Waals surface area (Å²) in [4.78, 5) is 16.5. The molecule has 0 saturated heterocycles. The monoisotopic (exact) mass is 442 g/mol. The molecule has 0 spiro atoms. The van der Waals surface area contributed by atoms with Crippen molar-refractivity contribution in [2.24, 2.45) is 0 Å².